The van der Waals surface area contributed by atoms with Crippen LogP contribution in [0, 0.1) is 5.41 Å². The summed E-state index contributed by atoms with van der Waals surface area (Å²) in [5.41, 5.74) is 3.03. The normalized spacial score (nSPS) is 16.3. The first-order valence-electron chi connectivity index (χ1n) is 10.8. The summed E-state index contributed by atoms with van der Waals surface area (Å²) >= 11 is 0. The lowest BCUT2D eigenvalue weighted by molar-refractivity contribution is 0.0732. The van der Waals surface area contributed by atoms with E-state index in [0.29, 0.717) is 18.0 Å². The SMILES string of the molecule is CCNC(=NCc1ccccc1CN(C)C(C)C)NCC1(CCOC)CCC1. The monoisotopic (exact) mass is 388 g/mol. The maximum absolute atomic E-state index is 5.32. The van der Waals surface area contributed by atoms with Crippen molar-refractivity contribution in [3.8, 4) is 0 Å². The van der Waals surface area contributed by atoms with Crippen LogP contribution in [-0.2, 0) is 17.8 Å². The topological polar surface area (TPSA) is 48.9 Å². The second-order valence-corrected chi connectivity index (χ2v) is 8.42. The van der Waals surface area contributed by atoms with Crippen molar-refractivity contribution in [2.45, 2.75) is 65.6 Å². The summed E-state index contributed by atoms with van der Waals surface area (Å²) in [7, 11) is 3.97. The van der Waals surface area contributed by atoms with Crippen LogP contribution in [-0.4, -0.2) is 50.8 Å². The van der Waals surface area contributed by atoms with E-state index in [-0.39, 0.29) is 0 Å². The summed E-state index contributed by atoms with van der Waals surface area (Å²) in [5.74, 6) is 0.915. The van der Waals surface area contributed by atoms with Crippen LogP contribution in [0.4, 0.5) is 0 Å². The molecular formula is C23H40N4O. The molecule has 1 saturated carbocycles. The number of guanidine groups is 1. The van der Waals surface area contributed by atoms with E-state index in [1.54, 1.807) is 7.11 Å². The maximum atomic E-state index is 5.32. The predicted octanol–water partition coefficient (Wildman–Crippen LogP) is 3.79. The second-order valence-electron chi connectivity index (χ2n) is 8.42. The third-order valence-corrected chi connectivity index (χ3v) is 6.05. The number of ether oxygens (including phenoxy) is 1. The summed E-state index contributed by atoms with van der Waals surface area (Å²) in [6, 6.07) is 9.18. The number of hydrogen-bond donors (Lipinski definition) is 2. The molecule has 0 radical (unpaired) electrons. The van der Waals surface area contributed by atoms with Gasteiger partial charge in [-0.25, -0.2) is 4.99 Å². The number of nitrogens with zero attached hydrogens (tertiary/aromatic N) is 2. The number of methoxy groups -OCH3 is 1. The Kier molecular flexibility index (Phi) is 9.26. The molecule has 5 heteroatoms. The van der Waals surface area contributed by atoms with E-state index in [1.807, 2.05) is 0 Å². The first-order valence-corrected chi connectivity index (χ1v) is 10.8. The highest BCUT2D eigenvalue weighted by atomic mass is 16.5. The van der Waals surface area contributed by atoms with Gasteiger partial charge < -0.3 is 15.4 Å². The molecule has 2 N–H and O–H groups in total. The third kappa shape index (κ3) is 6.78. The molecule has 1 aliphatic carbocycles. The summed E-state index contributed by atoms with van der Waals surface area (Å²) in [4.78, 5) is 7.25. The molecule has 0 aromatic heterocycles. The van der Waals surface area contributed by atoms with Crippen molar-refractivity contribution in [3.63, 3.8) is 0 Å². The average molecular weight is 389 g/mol. The number of nitrogens with one attached hydrogen (secondary N) is 2. The van der Waals surface area contributed by atoms with E-state index >= 15 is 0 Å². The zero-order valence-electron chi connectivity index (χ0n) is 18.6. The second kappa shape index (κ2) is 11.4. The molecule has 1 fully saturated rings. The van der Waals surface area contributed by atoms with Gasteiger partial charge in [-0.15, -0.1) is 0 Å². The average Bonchev–Trinajstić information content (AvgIpc) is 2.65. The van der Waals surface area contributed by atoms with Crippen LogP contribution >= 0.6 is 0 Å². The van der Waals surface area contributed by atoms with E-state index < -0.39 is 0 Å². The smallest absolute Gasteiger partial charge is 0.191 e. The van der Waals surface area contributed by atoms with Crippen molar-refractivity contribution >= 4 is 5.96 Å². The van der Waals surface area contributed by atoms with Crippen molar-refractivity contribution < 1.29 is 4.74 Å². The van der Waals surface area contributed by atoms with Gasteiger partial charge in [0, 0.05) is 39.4 Å². The van der Waals surface area contributed by atoms with Crippen LogP contribution in [0.15, 0.2) is 29.3 Å². The summed E-state index contributed by atoms with van der Waals surface area (Å²) in [6.45, 7) is 10.9. The van der Waals surface area contributed by atoms with Gasteiger partial charge in [0.15, 0.2) is 5.96 Å². The minimum absolute atomic E-state index is 0.379. The van der Waals surface area contributed by atoms with Crippen molar-refractivity contribution in [3.05, 3.63) is 35.4 Å². The van der Waals surface area contributed by atoms with Crippen LogP contribution in [0.2, 0.25) is 0 Å². The van der Waals surface area contributed by atoms with E-state index in [1.165, 1.54) is 30.4 Å². The van der Waals surface area contributed by atoms with Gasteiger partial charge >= 0.3 is 0 Å². The predicted molar refractivity (Wildman–Crippen MR) is 119 cm³/mol. The van der Waals surface area contributed by atoms with Crippen LogP contribution in [0.25, 0.3) is 0 Å². The van der Waals surface area contributed by atoms with Crippen molar-refractivity contribution in [1.82, 2.24) is 15.5 Å². The molecule has 1 aromatic rings. The van der Waals surface area contributed by atoms with Crippen LogP contribution < -0.4 is 10.6 Å². The first-order chi connectivity index (χ1) is 13.5. The summed E-state index contributed by atoms with van der Waals surface area (Å²) in [6.07, 6.45) is 5.02. The Hall–Kier alpha value is -1.59. The quantitative estimate of drug-likeness (QED) is 0.447. The summed E-state index contributed by atoms with van der Waals surface area (Å²) < 4.78 is 5.32. The number of benzene rings is 1. The molecular weight excluding hydrogens is 348 g/mol. The van der Waals surface area contributed by atoms with Gasteiger partial charge in [-0.05, 0) is 63.6 Å². The molecule has 0 amide bonds. The zero-order chi connectivity index (χ0) is 20.4. The van der Waals surface area contributed by atoms with Gasteiger partial charge in [0.2, 0.25) is 0 Å². The molecule has 0 saturated heterocycles. The van der Waals surface area contributed by atoms with Gasteiger partial charge in [-0.1, -0.05) is 30.7 Å². The van der Waals surface area contributed by atoms with Crippen LogP contribution in [0.3, 0.4) is 0 Å². The minimum Gasteiger partial charge on any atom is -0.385 e. The van der Waals surface area contributed by atoms with Crippen molar-refractivity contribution in [2.75, 3.05) is 33.9 Å². The van der Waals surface area contributed by atoms with Gasteiger partial charge in [0.05, 0.1) is 6.54 Å². The lowest BCUT2D eigenvalue weighted by Gasteiger charge is -2.42. The molecule has 1 aliphatic rings. The van der Waals surface area contributed by atoms with Crippen molar-refractivity contribution in [2.24, 2.45) is 10.4 Å². The largest absolute Gasteiger partial charge is 0.385 e. The number of rotatable bonds is 11. The molecule has 2 rings (SSSR count). The number of aliphatic imine (C=N–C) groups is 1. The Morgan fingerprint density at radius 1 is 1.21 bits per heavy atom. The number of hydrogen-bond acceptors (Lipinski definition) is 3. The molecule has 0 bridgehead atoms. The van der Waals surface area contributed by atoms with Gasteiger partial charge in [0.1, 0.15) is 0 Å². The van der Waals surface area contributed by atoms with Crippen LogP contribution in [0.5, 0.6) is 0 Å². The Labute approximate surface area is 171 Å². The molecule has 158 valence electrons. The fourth-order valence-electron chi connectivity index (χ4n) is 3.60. The van der Waals surface area contributed by atoms with E-state index in [4.69, 9.17) is 9.73 Å². The molecule has 1 aromatic carbocycles. The fraction of sp³-hybridized carbons (Fsp3) is 0.696. The Morgan fingerprint density at radius 3 is 2.50 bits per heavy atom. The highest BCUT2D eigenvalue weighted by Crippen LogP contribution is 2.43. The van der Waals surface area contributed by atoms with Crippen LogP contribution in [0.1, 0.15) is 57.6 Å². The van der Waals surface area contributed by atoms with E-state index in [0.717, 1.165) is 38.6 Å². The zero-order valence-corrected chi connectivity index (χ0v) is 18.6. The summed E-state index contributed by atoms with van der Waals surface area (Å²) in [5, 5.41) is 7.00. The Morgan fingerprint density at radius 2 is 1.93 bits per heavy atom. The third-order valence-electron chi connectivity index (χ3n) is 6.05. The van der Waals surface area contributed by atoms with E-state index in [2.05, 4.69) is 67.6 Å². The Bertz CT molecular complexity index is 610. The lowest BCUT2D eigenvalue weighted by atomic mass is 9.67. The highest BCUT2D eigenvalue weighted by molar-refractivity contribution is 5.79. The standard InChI is InChI=1S/C23H40N4O/c1-6-24-22(26-18-23(12-9-13-23)14-15-28-5)25-16-20-10-7-8-11-21(20)17-27(4)19(2)3/h7-8,10-11,19H,6,9,12-18H2,1-5H3,(H2,24,25,26). The highest BCUT2D eigenvalue weighted by Gasteiger charge is 2.36. The Balaban J connectivity index is 2.00. The van der Waals surface area contributed by atoms with Gasteiger partial charge in [-0.2, -0.15) is 0 Å². The molecule has 0 atom stereocenters. The maximum Gasteiger partial charge on any atom is 0.191 e. The molecule has 0 heterocycles. The van der Waals surface area contributed by atoms with E-state index in [9.17, 15) is 0 Å². The molecule has 5 nitrogen and oxygen atoms in total. The molecule has 0 aliphatic heterocycles. The first kappa shape index (κ1) is 22.7. The van der Waals surface area contributed by atoms with Crippen molar-refractivity contribution in [1.29, 1.82) is 0 Å². The van der Waals surface area contributed by atoms with Gasteiger partial charge in [0.25, 0.3) is 0 Å². The van der Waals surface area contributed by atoms with Gasteiger partial charge in [-0.3, -0.25) is 4.90 Å². The minimum atomic E-state index is 0.379. The molecule has 0 unspecified atom stereocenters. The fourth-order valence-corrected chi connectivity index (χ4v) is 3.60. The molecule has 28 heavy (non-hydrogen) atoms. The molecule has 0 spiro atoms. The lowest BCUT2D eigenvalue weighted by Crippen LogP contribution is -2.47.